The number of benzene rings is 1. The van der Waals surface area contributed by atoms with Crippen LogP contribution in [-0.4, -0.2) is 29.9 Å². The van der Waals surface area contributed by atoms with E-state index in [0.717, 1.165) is 5.56 Å². The Morgan fingerprint density at radius 3 is 2.71 bits per heavy atom. The number of alkyl halides is 1. The average molecular weight is 299 g/mol. The number of halogens is 1. The number of hydrogen-bond acceptors (Lipinski definition) is 4. The summed E-state index contributed by atoms with van der Waals surface area (Å²) in [6.45, 7) is 0.291. The third-order valence-corrected chi connectivity index (χ3v) is 3.12. The maximum absolute atomic E-state index is 10.0. The summed E-state index contributed by atoms with van der Waals surface area (Å²) in [6.07, 6.45) is -1.89. The molecule has 0 aliphatic heterocycles. The maximum Gasteiger partial charge on any atom is 0.106 e. The standard InChI is InChI=1S/C12H15BrN2O2/c1-15-7-11(16)12(17)10-4-8(6-14)2-3-9(10)5-13/h2-4,11-12,15-17H,5,7H2,1H3. The Kier molecular flexibility index (Phi) is 5.59. The first-order chi connectivity index (χ1) is 8.13. The van der Waals surface area contributed by atoms with Gasteiger partial charge in [-0.25, -0.2) is 0 Å². The topological polar surface area (TPSA) is 76.3 Å². The molecule has 0 saturated heterocycles. The fourth-order valence-corrected chi connectivity index (χ4v) is 2.10. The smallest absolute Gasteiger partial charge is 0.106 e. The van der Waals surface area contributed by atoms with Crippen molar-refractivity contribution in [2.45, 2.75) is 17.5 Å². The summed E-state index contributed by atoms with van der Waals surface area (Å²) in [5.74, 6) is 0. The fraction of sp³-hybridized carbons (Fsp3) is 0.417. The first-order valence-corrected chi connectivity index (χ1v) is 6.35. The molecule has 1 aromatic rings. The van der Waals surface area contributed by atoms with Crippen molar-refractivity contribution in [2.75, 3.05) is 13.6 Å². The Morgan fingerprint density at radius 1 is 1.47 bits per heavy atom. The van der Waals surface area contributed by atoms with Gasteiger partial charge in [0.1, 0.15) is 6.10 Å². The minimum Gasteiger partial charge on any atom is -0.389 e. The number of nitrogens with zero attached hydrogens (tertiary/aromatic N) is 1. The lowest BCUT2D eigenvalue weighted by Gasteiger charge is -2.20. The lowest BCUT2D eigenvalue weighted by Crippen LogP contribution is -2.30. The predicted molar refractivity (Wildman–Crippen MR) is 68.7 cm³/mol. The van der Waals surface area contributed by atoms with Crippen LogP contribution in [0.15, 0.2) is 18.2 Å². The van der Waals surface area contributed by atoms with E-state index in [4.69, 9.17) is 5.26 Å². The second kappa shape index (κ2) is 6.72. The molecule has 1 rings (SSSR count). The van der Waals surface area contributed by atoms with Crippen LogP contribution in [0.25, 0.3) is 0 Å². The molecule has 0 aromatic heterocycles. The second-order valence-electron chi connectivity index (χ2n) is 3.73. The van der Waals surface area contributed by atoms with Crippen molar-refractivity contribution in [3.05, 3.63) is 34.9 Å². The quantitative estimate of drug-likeness (QED) is 0.711. The Morgan fingerprint density at radius 2 is 2.18 bits per heavy atom. The molecule has 1 aromatic carbocycles. The number of aliphatic hydroxyl groups is 2. The third kappa shape index (κ3) is 3.51. The molecule has 0 spiro atoms. The largest absolute Gasteiger partial charge is 0.389 e. The summed E-state index contributed by atoms with van der Waals surface area (Å²) in [7, 11) is 1.70. The molecular formula is C12H15BrN2O2. The van der Waals surface area contributed by atoms with Gasteiger partial charge >= 0.3 is 0 Å². The van der Waals surface area contributed by atoms with Gasteiger partial charge in [0.15, 0.2) is 0 Å². The van der Waals surface area contributed by atoms with Gasteiger partial charge in [-0.1, -0.05) is 22.0 Å². The van der Waals surface area contributed by atoms with Crippen LogP contribution in [0.4, 0.5) is 0 Å². The van der Waals surface area contributed by atoms with Crippen molar-refractivity contribution in [1.29, 1.82) is 5.26 Å². The molecule has 2 atom stereocenters. The molecule has 0 heterocycles. The zero-order valence-electron chi connectivity index (χ0n) is 9.52. The van der Waals surface area contributed by atoms with E-state index in [9.17, 15) is 10.2 Å². The molecule has 2 unspecified atom stereocenters. The van der Waals surface area contributed by atoms with Crippen molar-refractivity contribution < 1.29 is 10.2 Å². The number of aliphatic hydroxyl groups excluding tert-OH is 2. The van der Waals surface area contributed by atoms with Gasteiger partial charge in [0.05, 0.1) is 17.7 Å². The van der Waals surface area contributed by atoms with Gasteiger partial charge in [-0.2, -0.15) is 5.26 Å². The minimum atomic E-state index is -0.997. The highest BCUT2D eigenvalue weighted by atomic mass is 79.9. The average Bonchev–Trinajstić information content (AvgIpc) is 2.37. The third-order valence-electron chi connectivity index (χ3n) is 2.52. The Bertz CT molecular complexity index is 417. The summed E-state index contributed by atoms with van der Waals surface area (Å²) in [4.78, 5) is 0. The van der Waals surface area contributed by atoms with Crippen molar-refractivity contribution >= 4 is 15.9 Å². The van der Waals surface area contributed by atoms with Gasteiger partial charge < -0.3 is 15.5 Å². The van der Waals surface area contributed by atoms with Gasteiger partial charge in [0.2, 0.25) is 0 Å². The molecule has 0 amide bonds. The van der Waals surface area contributed by atoms with E-state index in [1.807, 2.05) is 6.07 Å². The predicted octanol–water partition coefficient (Wildman–Crippen LogP) is 1.07. The zero-order valence-corrected chi connectivity index (χ0v) is 11.1. The summed E-state index contributed by atoms with van der Waals surface area (Å²) in [5, 5.41) is 32.0. The molecule has 0 saturated carbocycles. The van der Waals surface area contributed by atoms with E-state index in [2.05, 4.69) is 21.2 Å². The second-order valence-corrected chi connectivity index (χ2v) is 4.29. The molecule has 4 nitrogen and oxygen atoms in total. The van der Waals surface area contributed by atoms with Crippen LogP contribution in [0.1, 0.15) is 22.8 Å². The van der Waals surface area contributed by atoms with Crippen LogP contribution >= 0.6 is 15.9 Å². The molecule has 92 valence electrons. The zero-order chi connectivity index (χ0) is 12.8. The monoisotopic (exact) mass is 298 g/mol. The van der Waals surface area contributed by atoms with E-state index in [1.54, 1.807) is 25.2 Å². The van der Waals surface area contributed by atoms with E-state index < -0.39 is 12.2 Å². The fourth-order valence-electron chi connectivity index (χ4n) is 1.59. The molecular weight excluding hydrogens is 284 g/mol. The first-order valence-electron chi connectivity index (χ1n) is 5.23. The highest BCUT2D eigenvalue weighted by Gasteiger charge is 2.20. The highest BCUT2D eigenvalue weighted by molar-refractivity contribution is 9.08. The van der Waals surface area contributed by atoms with Crippen molar-refractivity contribution in [3.63, 3.8) is 0 Å². The number of hydrogen-bond donors (Lipinski definition) is 3. The van der Waals surface area contributed by atoms with E-state index in [0.29, 0.717) is 23.0 Å². The molecule has 17 heavy (non-hydrogen) atoms. The molecule has 3 N–H and O–H groups in total. The van der Waals surface area contributed by atoms with Gasteiger partial charge in [-0.3, -0.25) is 0 Å². The number of nitrogens with one attached hydrogen (secondary N) is 1. The van der Waals surface area contributed by atoms with E-state index in [-0.39, 0.29) is 0 Å². The van der Waals surface area contributed by atoms with E-state index >= 15 is 0 Å². The van der Waals surface area contributed by atoms with Crippen molar-refractivity contribution in [1.82, 2.24) is 5.32 Å². The molecule has 0 radical (unpaired) electrons. The van der Waals surface area contributed by atoms with Crippen LogP contribution in [0.2, 0.25) is 0 Å². The summed E-state index contributed by atoms with van der Waals surface area (Å²) in [6, 6.07) is 7.10. The van der Waals surface area contributed by atoms with Crippen LogP contribution in [0.5, 0.6) is 0 Å². The summed E-state index contributed by atoms with van der Waals surface area (Å²) in [5.41, 5.74) is 1.93. The number of rotatable bonds is 5. The van der Waals surface area contributed by atoms with Gasteiger partial charge in [0.25, 0.3) is 0 Å². The Labute approximate surface area is 109 Å². The van der Waals surface area contributed by atoms with Gasteiger partial charge in [0, 0.05) is 11.9 Å². The molecule has 5 heteroatoms. The molecule has 0 aliphatic carbocycles. The molecule has 0 aliphatic rings. The number of nitriles is 1. The summed E-state index contributed by atoms with van der Waals surface area (Å²) >= 11 is 3.32. The maximum atomic E-state index is 10.0. The lowest BCUT2D eigenvalue weighted by molar-refractivity contribution is 0.0198. The van der Waals surface area contributed by atoms with Gasteiger partial charge in [-0.15, -0.1) is 0 Å². The van der Waals surface area contributed by atoms with Crippen LogP contribution in [0, 0.1) is 11.3 Å². The summed E-state index contributed by atoms with van der Waals surface area (Å²) < 4.78 is 0. The SMILES string of the molecule is CNCC(O)C(O)c1cc(C#N)ccc1CBr. The molecule has 0 bridgehead atoms. The number of likely N-dealkylation sites (N-methyl/N-ethyl adjacent to an activating group) is 1. The molecule has 0 fully saturated rings. The van der Waals surface area contributed by atoms with Gasteiger partial charge in [-0.05, 0) is 30.3 Å². The Balaban J connectivity index is 3.05. The Hall–Kier alpha value is -0.930. The minimum absolute atomic E-state index is 0.291. The van der Waals surface area contributed by atoms with Crippen molar-refractivity contribution in [3.8, 4) is 6.07 Å². The highest BCUT2D eigenvalue weighted by Crippen LogP contribution is 2.24. The lowest BCUT2D eigenvalue weighted by atomic mass is 9.97. The first kappa shape index (κ1) is 14.1. The van der Waals surface area contributed by atoms with Crippen LogP contribution < -0.4 is 5.32 Å². The van der Waals surface area contributed by atoms with Crippen LogP contribution in [-0.2, 0) is 5.33 Å². The normalized spacial score (nSPS) is 14.1. The van der Waals surface area contributed by atoms with Crippen molar-refractivity contribution in [2.24, 2.45) is 0 Å². The van der Waals surface area contributed by atoms with Crippen LogP contribution in [0.3, 0.4) is 0 Å². The van der Waals surface area contributed by atoms with E-state index in [1.165, 1.54) is 0 Å².